The van der Waals surface area contributed by atoms with Gasteiger partial charge in [0.1, 0.15) is 31.0 Å². The first kappa shape index (κ1) is 28.6. The van der Waals surface area contributed by atoms with Crippen LogP contribution in [0.5, 0.6) is 5.75 Å². The SMILES string of the molecule is N[C@@H](CCC(=O)N[C@@H](CSCC(O)COc1ccc([N+](=O)[O-])cc1)C(=O)NCC(=O)O)C(=O)O. The van der Waals surface area contributed by atoms with Gasteiger partial charge >= 0.3 is 11.9 Å². The molecule has 188 valence electrons. The molecule has 0 aromatic heterocycles. The van der Waals surface area contributed by atoms with E-state index in [2.05, 4.69) is 10.6 Å². The van der Waals surface area contributed by atoms with Crippen LogP contribution >= 0.6 is 11.8 Å². The Balaban J connectivity index is 2.53. The van der Waals surface area contributed by atoms with Crippen molar-refractivity contribution in [3.05, 3.63) is 34.4 Å². The van der Waals surface area contributed by atoms with Crippen molar-refractivity contribution in [2.75, 3.05) is 24.7 Å². The van der Waals surface area contributed by atoms with Crippen LogP contribution in [0.15, 0.2) is 24.3 Å². The number of carbonyl (C=O) groups excluding carboxylic acids is 2. The van der Waals surface area contributed by atoms with Gasteiger partial charge in [0.2, 0.25) is 11.8 Å². The summed E-state index contributed by atoms with van der Waals surface area (Å²) in [5, 5.41) is 42.7. The molecule has 1 rings (SSSR count). The first-order chi connectivity index (χ1) is 16.0. The number of aliphatic hydroxyl groups excluding tert-OH is 1. The summed E-state index contributed by atoms with van der Waals surface area (Å²) in [6.07, 6.45) is -1.39. The fraction of sp³-hybridized carbons (Fsp3) is 0.474. The molecule has 34 heavy (non-hydrogen) atoms. The normalized spacial score (nSPS) is 13.2. The third-order valence-corrected chi connectivity index (χ3v) is 5.34. The molecule has 0 aliphatic heterocycles. The number of hydrogen-bond donors (Lipinski definition) is 6. The standard InChI is InChI=1S/C19H26N4O10S/c20-14(19(29)30)5-6-16(25)22-15(18(28)21-7-17(26)27)10-34-9-12(24)8-33-13-3-1-11(2-4-13)23(31)32/h1-4,12,14-15,24H,5-10,20H2,(H,21,28)(H,22,25)(H,26,27)(H,29,30)/t12?,14-,15-/m0/s1. The van der Waals surface area contributed by atoms with Crippen LogP contribution in [0, 0.1) is 10.1 Å². The maximum absolute atomic E-state index is 12.2. The Hall–Kier alpha value is -3.43. The number of carboxylic acids is 2. The van der Waals surface area contributed by atoms with Crippen molar-refractivity contribution in [1.29, 1.82) is 0 Å². The number of thioether (sulfide) groups is 1. The lowest BCUT2D eigenvalue weighted by atomic mass is 10.1. The number of aliphatic hydroxyl groups is 1. The minimum Gasteiger partial charge on any atom is -0.491 e. The Morgan fingerprint density at radius 3 is 2.35 bits per heavy atom. The van der Waals surface area contributed by atoms with E-state index in [4.69, 9.17) is 20.7 Å². The van der Waals surface area contributed by atoms with Gasteiger partial charge in [0.25, 0.3) is 5.69 Å². The Bertz CT molecular complexity index is 867. The number of hydrogen-bond acceptors (Lipinski definition) is 10. The smallest absolute Gasteiger partial charge is 0.322 e. The van der Waals surface area contributed by atoms with Crippen molar-refractivity contribution >= 4 is 41.2 Å². The summed E-state index contributed by atoms with van der Waals surface area (Å²) in [7, 11) is 0. The van der Waals surface area contributed by atoms with Gasteiger partial charge in [-0.2, -0.15) is 11.8 Å². The van der Waals surface area contributed by atoms with Gasteiger partial charge in [-0.3, -0.25) is 29.3 Å². The third-order valence-electron chi connectivity index (χ3n) is 4.15. The second kappa shape index (κ2) is 14.7. The molecule has 0 bridgehead atoms. The predicted molar refractivity (Wildman–Crippen MR) is 119 cm³/mol. The number of aliphatic carboxylic acids is 2. The van der Waals surface area contributed by atoms with E-state index in [1.165, 1.54) is 24.3 Å². The fourth-order valence-electron chi connectivity index (χ4n) is 2.37. The van der Waals surface area contributed by atoms with Gasteiger partial charge in [0.15, 0.2) is 0 Å². The van der Waals surface area contributed by atoms with Crippen molar-refractivity contribution in [1.82, 2.24) is 10.6 Å². The van der Waals surface area contributed by atoms with Gasteiger partial charge < -0.3 is 36.4 Å². The number of rotatable bonds is 16. The summed E-state index contributed by atoms with van der Waals surface area (Å²) in [4.78, 5) is 55.8. The van der Waals surface area contributed by atoms with Gasteiger partial charge in [-0.15, -0.1) is 0 Å². The molecule has 0 heterocycles. The molecule has 1 aromatic rings. The maximum Gasteiger partial charge on any atom is 0.322 e. The maximum atomic E-state index is 12.2. The quantitative estimate of drug-likeness (QED) is 0.117. The zero-order chi connectivity index (χ0) is 25.7. The van der Waals surface area contributed by atoms with Gasteiger partial charge in [0.05, 0.1) is 11.0 Å². The average molecular weight is 503 g/mol. The Kier molecular flexibility index (Phi) is 12.3. The van der Waals surface area contributed by atoms with Gasteiger partial charge in [-0.1, -0.05) is 0 Å². The molecule has 0 saturated carbocycles. The molecule has 0 radical (unpaired) electrons. The molecule has 3 atom stereocenters. The van der Waals surface area contributed by atoms with Crippen LogP contribution < -0.4 is 21.1 Å². The average Bonchev–Trinajstić information content (AvgIpc) is 2.78. The highest BCUT2D eigenvalue weighted by Crippen LogP contribution is 2.17. The number of carboxylic acid groups (broad SMARTS) is 2. The number of benzene rings is 1. The molecule has 0 aliphatic carbocycles. The largest absolute Gasteiger partial charge is 0.491 e. The zero-order valence-electron chi connectivity index (χ0n) is 17.9. The van der Waals surface area contributed by atoms with Crippen molar-refractivity contribution in [3.8, 4) is 5.75 Å². The van der Waals surface area contributed by atoms with Crippen LogP contribution in [0.25, 0.3) is 0 Å². The molecular formula is C19H26N4O10S. The highest BCUT2D eigenvalue weighted by Gasteiger charge is 2.23. The van der Waals surface area contributed by atoms with Crippen LogP contribution in [0.2, 0.25) is 0 Å². The van der Waals surface area contributed by atoms with Crippen LogP contribution in [-0.4, -0.2) is 86.8 Å². The topological polar surface area (TPSA) is 231 Å². The number of non-ortho nitro benzene ring substituents is 1. The van der Waals surface area contributed by atoms with E-state index in [1.54, 1.807) is 0 Å². The Morgan fingerprint density at radius 1 is 1.15 bits per heavy atom. The number of carbonyl (C=O) groups is 4. The van der Waals surface area contributed by atoms with Gasteiger partial charge in [-0.25, -0.2) is 0 Å². The Labute approximate surface area is 198 Å². The van der Waals surface area contributed by atoms with E-state index in [9.17, 15) is 34.4 Å². The zero-order valence-corrected chi connectivity index (χ0v) is 18.7. The lowest BCUT2D eigenvalue weighted by Crippen LogP contribution is -2.49. The third kappa shape index (κ3) is 11.4. The van der Waals surface area contributed by atoms with E-state index >= 15 is 0 Å². The molecule has 2 amide bonds. The number of nitrogens with zero attached hydrogens (tertiary/aromatic N) is 1. The molecule has 1 aromatic carbocycles. The second-order valence-electron chi connectivity index (χ2n) is 6.97. The predicted octanol–water partition coefficient (Wildman–Crippen LogP) is -1.05. The summed E-state index contributed by atoms with van der Waals surface area (Å²) < 4.78 is 5.35. The molecule has 0 spiro atoms. The molecule has 14 nitrogen and oxygen atoms in total. The summed E-state index contributed by atoms with van der Waals surface area (Å²) in [6, 6.07) is 2.89. The van der Waals surface area contributed by atoms with E-state index < -0.39 is 53.4 Å². The fourth-order valence-corrected chi connectivity index (χ4v) is 3.35. The number of nitrogens with one attached hydrogen (secondary N) is 2. The van der Waals surface area contributed by atoms with E-state index in [1.807, 2.05) is 0 Å². The van der Waals surface area contributed by atoms with Crippen LogP contribution in [0.3, 0.4) is 0 Å². The number of nitrogens with two attached hydrogens (primary N) is 1. The first-order valence-corrected chi connectivity index (χ1v) is 11.0. The van der Waals surface area contributed by atoms with Crippen molar-refractivity contribution in [3.63, 3.8) is 0 Å². The number of nitro groups is 1. The summed E-state index contributed by atoms with van der Waals surface area (Å²) in [6.45, 7) is -0.800. The molecule has 0 aliphatic rings. The molecular weight excluding hydrogens is 476 g/mol. The first-order valence-electron chi connectivity index (χ1n) is 9.90. The Morgan fingerprint density at radius 2 is 1.79 bits per heavy atom. The van der Waals surface area contributed by atoms with Crippen molar-refractivity contribution in [2.45, 2.75) is 31.0 Å². The summed E-state index contributed by atoms with van der Waals surface area (Å²) in [5.74, 6) is -3.57. The van der Waals surface area contributed by atoms with Gasteiger partial charge in [-0.05, 0) is 18.6 Å². The number of ether oxygens (including phenoxy) is 1. The number of amides is 2. The van der Waals surface area contributed by atoms with Crippen molar-refractivity contribution < 1.29 is 44.2 Å². The van der Waals surface area contributed by atoms with E-state index in [0.717, 1.165) is 11.8 Å². The van der Waals surface area contributed by atoms with Crippen molar-refractivity contribution in [2.24, 2.45) is 5.73 Å². The highest BCUT2D eigenvalue weighted by atomic mass is 32.2. The molecule has 0 saturated heterocycles. The summed E-state index contributed by atoms with van der Waals surface area (Å²) >= 11 is 1.08. The molecule has 15 heteroatoms. The lowest BCUT2D eigenvalue weighted by Gasteiger charge is -2.19. The minimum atomic E-state index is -1.28. The summed E-state index contributed by atoms with van der Waals surface area (Å²) in [5.41, 5.74) is 5.23. The lowest BCUT2D eigenvalue weighted by molar-refractivity contribution is -0.384. The van der Waals surface area contributed by atoms with Gasteiger partial charge in [0, 0.05) is 30.1 Å². The monoisotopic (exact) mass is 502 g/mol. The second-order valence-corrected chi connectivity index (χ2v) is 8.04. The minimum absolute atomic E-state index is 0.0171. The van der Waals surface area contributed by atoms with E-state index in [-0.39, 0.29) is 36.6 Å². The molecule has 0 fully saturated rings. The number of nitro benzene ring substituents is 1. The van der Waals surface area contributed by atoms with Crippen LogP contribution in [0.4, 0.5) is 5.69 Å². The highest BCUT2D eigenvalue weighted by molar-refractivity contribution is 7.99. The van der Waals surface area contributed by atoms with Crippen LogP contribution in [-0.2, 0) is 19.2 Å². The van der Waals surface area contributed by atoms with E-state index in [0.29, 0.717) is 5.75 Å². The molecule has 1 unspecified atom stereocenters. The molecule has 7 N–H and O–H groups in total. The van der Waals surface area contributed by atoms with Crippen LogP contribution in [0.1, 0.15) is 12.8 Å².